The van der Waals surface area contributed by atoms with Gasteiger partial charge in [0.05, 0.1) is 11.7 Å². The highest BCUT2D eigenvalue weighted by molar-refractivity contribution is 5.48. The minimum Gasteiger partial charge on any atom is -0.454 e. The van der Waals surface area contributed by atoms with E-state index in [1.165, 1.54) is 17.7 Å². The lowest BCUT2D eigenvalue weighted by molar-refractivity contribution is 0.173. The maximum atomic E-state index is 5.56. The SMILES string of the molecule is c1cnc2c(c1)CCCC2NCc1cccc2c1OCO2. The summed E-state index contributed by atoms with van der Waals surface area (Å²) in [5, 5.41) is 3.63. The normalized spacial score (nSPS) is 19.3. The molecule has 1 unspecified atom stereocenters. The van der Waals surface area contributed by atoms with Crippen molar-refractivity contribution in [3.63, 3.8) is 0 Å². The monoisotopic (exact) mass is 282 g/mol. The van der Waals surface area contributed by atoms with Crippen molar-refractivity contribution in [2.75, 3.05) is 6.79 Å². The van der Waals surface area contributed by atoms with Gasteiger partial charge in [-0.05, 0) is 37.0 Å². The van der Waals surface area contributed by atoms with Gasteiger partial charge in [0, 0.05) is 18.3 Å². The number of hydrogen-bond donors (Lipinski definition) is 1. The number of fused-ring (bicyclic) bond motifs is 2. The molecule has 0 spiro atoms. The average molecular weight is 282 g/mol. The Morgan fingerprint density at radius 2 is 2.19 bits per heavy atom. The fraction of sp³-hybridized carbons (Fsp3) is 0.353. The van der Waals surface area contributed by atoms with E-state index in [0.29, 0.717) is 12.8 Å². The summed E-state index contributed by atoms with van der Waals surface area (Å²) < 4.78 is 11.0. The summed E-state index contributed by atoms with van der Waals surface area (Å²) in [7, 11) is 0. The lowest BCUT2D eigenvalue weighted by Crippen LogP contribution is -2.26. The molecule has 1 aromatic carbocycles. The van der Waals surface area contributed by atoms with Crippen molar-refractivity contribution in [1.29, 1.82) is 0 Å². The van der Waals surface area contributed by atoms with Crippen LogP contribution in [0.15, 0.2) is 36.5 Å². The Morgan fingerprint density at radius 3 is 3.19 bits per heavy atom. The summed E-state index contributed by atoms with van der Waals surface area (Å²) >= 11 is 0. The number of benzene rings is 1. The minimum atomic E-state index is 0.320. The number of ether oxygens (including phenoxy) is 2. The molecule has 0 bridgehead atoms. The van der Waals surface area contributed by atoms with Gasteiger partial charge in [-0.3, -0.25) is 4.98 Å². The zero-order valence-corrected chi connectivity index (χ0v) is 11.8. The van der Waals surface area contributed by atoms with Crippen LogP contribution < -0.4 is 14.8 Å². The van der Waals surface area contributed by atoms with E-state index in [4.69, 9.17) is 9.47 Å². The van der Waals surface area contributed by atoms with E-state index in [0.717, 1.165) is 36.4 Å². The molecule has 1 aliphatic heterocycles. The summed E-state index contributed by atoms with van der Waals surface area (Å²) in [4.78, 5) is 4.57. The van der Waals surface area contributed by atoms with Crippen molar-refractivity contribution in [1.82, 2.24) is 10.3 Å². The number of aromatic nitrogens is 1. The molecule has 21 heavy (non-hydrogen) atoms. The molecule has 4 heteroatoms. The fourth-order valence-corrected chi connectivity index (χ4v) is 3.17. The molecular weight excluding hydrogens is 264 g/mol. The summed E-state index contributed by atoms with van der Waals surface area (Å²) in [6.07, 6.45) is 5.37. The second kappa shape index (κ2) is 5.37. The van der Waals surface area contributed by atoms with Crippen LogP contribution in [0.5, 0.6) is 11.5 Å². The molecule has 1 aromatic heterocycles. The highest BCUT2D eigenvalue weighted by atomic mass is 16.7. The molecule has 1 aliphatic carbocycles. The number of nitrogens with one attached hydrogen (secondary N) is 1. The molecule has 108 valence electrons. The lowest BCUT2D eigenvalue weighted by atomic mass is 9.92. The third-order valence-electron chi connectivity index (χ3n) is 4.21. The van der Waals surface area contributed by atoms with E-state index >= 15 is 0 Å². The van der Waals surface area contributed by atoms with Gasteiger partial charge in [-0.15, -0.1) is 0 Å². The Hall–Kier alpha value is -2.07. The Morgan fingerprint density at radius 1 is 1.19 bits per heavy atom. The number of aryl methyl sites for hydroxylation is 1. The number of nitrogens with zero attached hydrogens (tertiary/aromatic N) is 1. The van der Waals surface area contributed by atoms with Crippen LogP contribution in [0.1, 0.15) is 35.7 Å². The van der Waals surface area contributed by atoms with E-state index in [1.54, 1.807) is 0 Å². The third kappa shape index (κ3) is 2.36. The molecule has 0 saturated carbocycles. The predicted octanol–water partition coefficient (Wildman–Crippen LogP) is 2.98. The Balaban J connectivity index is 1.52. The van der Waals surface area contributed by atoms with E-state index < -0.39 is 0 Å². The van der Waals surface area contributed by atoms with Crippen LogP contribution in [0.2, 0.25) is 0 Å². The van der Waals surface area contributed by atoms with Crippen molar-refractivity contribution in [2.45, 2.75) is 31.8 Å². The summed E-state index contributed by atoms with van der Waals surface area (Å²) in [6.45, 7) is 1.09. The molecule has 4 rings (SSSR count). The standard InChI is InChI=1S/C17H18N2O2/c1-4-12-6-3-9-18-16(12)14(7-1)19-10-13-5-2-8-15-17(13)21-11-20-15/h2-3,5-6,8-9,14,19H,1,4,7,10-11H2. The molecule has 0 radical (unpaired) electrons. The number of hydrogen-bond acceptors (Lipinski definition) is 4. The van der Waals surface area contributed by atoms with Gasteiger partial charge < -0.3 is 14.8 Å². The predicted molar refractivity (Wildman–Crippen MR) is 79.3 cm³/mol. The first-order valence-corrected chi connectivity index (χ1v) is 7.46. The molecule has 1 N–H and O–H groups in total. The molecule has 2 aromatic rings. The molecule has 4 nitrogen and oxygen atoms in total. The lowest BCUT2D eigenvalue weighted by Gasteiger charge is -2.25. The van der Waals surface area contributed by atoms with Gasteiger partial charge in [0.15, 0.2) is 11.5 Å². The Kier molecular flexibility index (Phi) is 3.24. The maximum absolute atomic E-state index is 5.56. The van der Waals surface area contributed by atoms with Gasteiger partial charge >= 0.3 is 0 Å². The van der Waals surface area contributed by atoms with Gasteiger partial charge in [-0.25, -0.2) is 0 Å². The molecule has 0 amide bonds. The fourth-order valence-electron chi connectivity index (χ4n) is 3.17. The van der Waals surface area contributed by atoms with Gasteiger partial charge in [-0.1, -0.05) is 18.2 Å². The van der Waals surface area contributed by atoms with Crippen molar-refractivity contribution < 1.29 is 9.47 Å². The van der Waals surface area contributed by atoms with Crippen molar-refractivity contribution in [3.05, 3.63) is 53.3 Å². The molecule has 0 fully saturated rings. The first kappa shape index (κ1) is 12.7. The van der Waals surface area contributed by atoms with E-state index in [-0.39, 0.29) is 0 Å². The first-order chi connectivity index (χ1) is 10.4. The highest BCUT2D eigenvalue weighted by Crippen LogP contribution is 2.36. The summed E-state index contributed by atoms with van der Waals surface area (Å²) in [6, 6.07) is 10.6. The van der Waals surface area contributed by atoms with E-state index in [9.17, 15) is 0 Å². The quantitative estimate of drug-likeness (QED) is 0.940. The smallest absolute Gasteiger partial charge is 0.231 e. The Labute approximate surface area is 124 Å². The van der Waals surface area contributed by atoms with Crippen LogP contribution in [0.3, 0.4) is 0 Å². The van der Waals surface area contributed by atoms with Crippen LogP contribution >= 0.6 is 0 Å². The van der Waals surface area contributed by atoms with Gasteiger partial charge in [0.25, 0.3) is 0 Å². The van der Waals surface area contributed by atoms with Crippen LogP contribution in [-0.2, 0) is 13.0 Å². The largest absolute Gasteiger partial charge is 0.454 e. The van der Waals surface area contributed by atoms with Crippen molar-refractivity contribution >= 4 is 0 Å². The molecular formula is C17H18N2O2. The van der Waals surface area contributed by atoms with Crippen LogP contribution in [-0.4, -0.2) is 11.8 Å². The minimum absolute atomic E-state index is 0.320. The Bertz CT molecular complexity index is 657. The first-order valence-electron chi connectivity index (χ1n) is 7.46. The number of rotatable bonds is 3. The maximum Gasteiger partial charge on any atom is 0.231 e. The van der Waals surface area contributed by atoms with Crippen LogP contribution in [0.4, 0.5) is 0 Å². The third-order valence-corrected chi connectivity index (χ3v) is 4.21. The van der Waals surface area contributed by atoms with Crippen LogP contribution in [0.25, 0.3) is 0 Å². The molecule has 1 atom stereocenters. The van der Waals surface area contributed by atoms with Gasteiger partial charge in [0.1, 0.15) is 0 Å². The molecule has 2 aliphatic rings. The van der Waals surface area contributed by atoms with Crippen molar-refractivity contribution in [3.8, 4) is 11.5 Å². The summed E-state index contributed by atoms with van der Waals surface area (Å²) in [5.41, 5.74) is 3.72. The second-order valence-electron chi connectivity index (χ2n) is 5.52. The topological polar surface area (TPSA) is 43.4 Å². The highest BCUT2D eigenvalue weighted by Gasteiger charge is 2.22. The van der Waals surface area contributed by atoms with E-state index in [2.05, 4.69) is 22.4 Å². The zero-order valence-electron chi connectivity index (χ0n) is 11.8. The molecule has 2 heterocycles. The average Bonchev–Trinajstić information content (AvgIpc) is 3.02. The van der Waals surface area contributed by atoms with Crippen LogP contribution in [0, 0.1) is 0 Å². The van der Waals surface area contributed by atoms with Crippen molar-refractivity contribution in [2.24, 2.45) is 0 Å². The number of para-hydroxylation sites is 1. The number of pyridine rings is 1. The second-order valence-corrected chi connectivity index (χ2v) is 5.52. The molecule has 0 saturated heterocycles. The van der Waals surface area contributed by atoms with Gasteiger partial charge in [0.2, 0.25) is 6.79 Å². The van der Waals surface area contributed by atoms with E-state index in [1.807, 2.05) is 24.4 Å². The zero-order chi connectivity index (χ0) is 14.1. The summed E-state index contributed by atoms with van der Waals surface area (Å²) in [5.74, 6) is 1.72. The van der Waals surface area contributed by atoms with Gasteiger partial charge in [-0.2, -0.15) is 0 Å².